The molecule has 3 nitrogen and oxygen atoms in total. The Balaban J connectivity index is 1.14. The van der Waals surface area contributed by atoms with Gasteiger partial charge in [-0.1, -0.05) is 176 Å². The normalized spacial score (nSPS) is 11.8. The third-order valence-electron chi connectivity index (χ3n) is 13.1. The van der Waals surface area contributed by atoms with Crippen LogP contribution >= 0.6 is 0 Å². The topological polar surface area (TPSA) is 22.8 Å². The second kappa shape index (κ2) is 14.5. The lowest BCUT2D eigenvalue weighted by Crippen LogP contribution is -2.01. The molecule has 3 heteroatoms. The molecular formula is C61H39N3. The highest BCUT2D eigenvalue weighted by Crippen LogP contribution is 2.42. The molecule has 13 aromatic rings. The van der Waals surface area contributed by atoms with Crippen molar-refractivity contribution in [1.29, 1.82) is 0 Å². The van der Waals surface area contributed by atoms with Crippen LogP contribution < -0.4 is 0 Å². The summed E-state index contributed by atoms with van der Waals surface area (Å²) in [6.45, 7) is 0. The number of hydrogen-bond donors (Lipinski definition) is 0. The molecule has 0 aliphatic rings. The van der Waals surface area contributed by atoms with E-state index in [1.807, 2.05) is 0 Å². The Labute approximate surface area is 370 Å². The van der Waals surface area contributed by atoms with Gasteiger partial charge in [0.1, 0.15) is 5.82 Å². The molecule has 0 saturated heterocycles. The van der Waals surface area contributed by atoms with Gasteiger partial charge in [0, 0.05) is 32.8 Å². The van der Waals surface area contributed by atoms with Gasteiger partial charge in [0.25, 0.3) is 0 Å². The maximum absolute atomic E-state index is 5.67. The van der Waals surface area contributed by atoms with Gasteiger partial charge in [-0.2, -0.15) is 0 Å². The molecular weight excluding hydrogens is 775 g/mol. The predicted octanol–water partition coefficient (Wildman–Crippen LogP) is 16.3. The van der Waals surface area contributed by atoms with Crippen LogP contribution in [0, 0.1) is 0 Å². The van der Waals surface area contributed by atoms with Crippen LogP contribution in [0.25, 0.3) is 121 Å². The van der Waals surface area contributed by atoms with Gasteiger partial charge in [-0.15, -0.1) is 0 Å². The number of aromatic nitrogens is 3. The van der Waals surface area contributed by atoms with E-state index in [0.29, 0.717) is 0 Å². The van der Waals surface area contributed by atoms with Crippen molar-refractivity contribution in [3.63, 3.8) is 0 Å². The highest BCUT2D eigenvalue weighted by Gasteiger charge is 2.20. The SMILES string of the molecule is c1ccc(-c2cc(-c3cc(-c4cc5ccccc5c5ccccc45)cc(-n4c5ccccc5c5ccc(-c6ccccc6)cc54)c3)nc(-n3c4ccccc4c4ccccc43)c2)cc1. The second-order valence-corrected chi connectivity index (χ2v) is 16.7. The Morgan fingerprint density at radius 2 is 0.781 bits per heavy atom. The summed E-state index contributed by atoms with van der Waals surface area (Å²) >= 11 is 0. The maximum Gasteiger partial charge on any atom is 0.138 e. The third-order valence-corrected chi connectivity index (χ3v) is 13.1. The van der Waals surface area contributed by atoms with Crippen LogP contribution in [0.2, 0.25) is 0 Å². The van der Waals surface area contributed by atoms with Crippen LogP contribution in [0.15, 0.2) is 237 Å². The van der Waals surface area contributed by atoms with Crippen molar-refractivity contribution in [3.8, 4) is 56.1 Å². The van der Waals surface area contributed by atoms with Gasteiger partial charge in [-0.25, -0.2) is 4.98 Å². The van der Waals surface area contributed by atoms with Crippen LogP contribution in [0.5, 0.6) is 0 Å². The smallest absolute Gasteiger partial charge is 0.138 e. The Morgan fingerprint density at radius 3 is 1.45 bits per heavy atom. The molecule has 0 aliphatic heterocycles. The fourth-order valence-corrected chi connectivity index (χ4v) is 10.1. The van der Waals surface area contributed by atoms with Crippen molar-refractivity contribution in [3.05, 3.63) is 237 Å². The van der Waals surface area contributed by atoms with Gasteiger partial charge in [-0.05, 0) is 116 Å². The molecule has 64 heavy (non-hydrogen) atoms. The zero-order valence-corrected chi connectivity index (χ0v) is 34.9. The first-order valence-corrected chi connectivity index (χ1v) is 21.9. The van der Waals surface area contributed by atoms with E-state index in [4.69, 9.17) is 4.98 Å². The van der Waals surface area contributed by atoms with Crippen molar-refractivity contribution < 1.29 is 0 Å². The monoisotopic (exact) mass is 813 g/mol. The van der Waals surface area contributed by atoms with E-state index >= 15 is 0 Å². The molecule has 0 radical (unpaired) electrons. The predicted molar refractivity (Wildman–Crippen MR) is 270 cm³/mol. The second-order valence-electron chi connectivity index (χ2n) is 16.7. The van der Waals surface area contributed by atoms with Crippen molar-refractivity contribution >= 4 is 65.2 Å². The molecule has 0 bridgehead atoms. The average Bonchev–Trinajstić information content (AvgIpc) is 3.89. The summed E-state index contributed by atoms with van der Waals surface area (Å²) in [5.74, 6) is 0.876. The van der Waals surface area contributed by atoms with Crippen molar-refractivity contribution in [2.24, 2.45) is 0 Å². The summed E-state index contributed by atoms with van der Waals surface area (Å²) in [6.07, 6.45) is 0. The van der Waals surface area contributed by atoms with E-state index in [1.165, 1.54) is 59.8 Å². The van der Waals surface area contributed by atoms with Crippen LogP contribution in [0.1, 0.15) is 0 Å². The number of para-hydroxylation sites is 3. The Hall–Kier alpha value is -8.53. The molecule has 3 aromatic heterocycles. The van der Waals surface area contributed by atoms with Gasteiger partial charge in [0.15, 0.2) is 0 Å². The Bertz CT molecular complexity index is 3900. The average molecular weight is 814 g/mol. The first-order chi connectivity index (χ1) is 31.7. The number of rotatable bonds is 6. The van der Waals surface area contributed by atoms with E-state index in [2.05, 4.69) is 246 Å². The number of fused-ring (bicyclic) bond motifs is 9. The molecule has 0 saturated carbocycles. The minimum absolute atomic E-state index is 0.876. The molecule has 0 fully saturated rings. The van der Waals surface area contributed by atoms with E-state index < -0.39 is 0 Å². The molecule has 0 atom stereocenters. The maximum atomic E-state index is 5.67. The van der Waals surface area contributed by atoms with Crippen LogP contribution in [0.4, 0.5) is 0 Å². The van der Waals surface area contributed by atoms with Crippen LogP contribution in [-0.2, 0) is 0 Å². The summed E-state index contributed by atoms with van der Waals surface area (Å²) in [6, 6.07) is 86.0. The van der Waals surface area contributed by atoms with Crippen molar-refractivity contribution in [2.45, 2.75) is 0 Å². The molecule has 10 aromatic carbocycles. The highest BCUT2D eigenvalue weighted by molar-refractivity contribution is 6.15. The zero-order valence-electron chi connectivity index (χ0n) is 34.9. The molecule has 0 N–H and O–H groups in total. The third kappa shape index (κ3) is 5.79. The standard InChI is InChI=1S/C61H39N3/c1-3-17-40(18-4-1)42-31-32-54-53-27-11-14-28-57(53)63(60(54)38-42)47-34-45(55-36-43-21-7-8-22-48(43)49-23-9-10-24-50(49)55)33-46(35-47)56-37-44(41-19-5-2-6-20-41)39-61(62-56)64-58-29-15-12-25-51(58)52-26-13-16-30-59(52)64/h1-39H. The minimum atomic E-state index is 0.876. The molecule has 3 heterocycles. The fourth-order valence-electron chi connectivity index (χ4n) is 10.1. The molecule has 13 rings (SSSR count). The van der Waals surface area contributed by atoms with E-state index in [0.717, 1.165) is 61.5 Å². The molecule has 0 aliphatic carbocycles. The summed E-state index contributed by atoms with van der Waals surface area (Å²) in [7, 11) is 0. The minimum Gasteiger partial charge on any atom is -0.309 e. The number of pyridine rings is 1. The van der Waals surface area contributed by atoms with Crippen molar-refractivity contribution in [1.82, 2.24) is 14.1 Å². The lowest BCUT2D eigenvalue weighted by atomic mass is 9.91. The Kier molecular flexibility index (Phi) is 8.22. The summed E-state index contributed by atoms with van der Waals surface area (Å²) in [5.41, 5.74) is 14.5. The van der Waals surface area contributed by atoms with E-state index in [9.17, 15) is 0 Å². The molecule has 0 unspecified atom stereocenters. The Morgan fingerprint density at radius 1 is 0.266 bits per heavy atom. The van der Waals surface area contributed by atoms with Gasteiger partial charge in [0.2, 0.25) is 0 Å². The van der Waals surface area contributed by atoms with Crippen molar-refractivity contribution in [2.75, 3.05) is 0 Å². The lowest BCUT2D eigenvalue weighted by molar-refractivity contribution is 1.08. The highest BCUT2D eigenvalue weighted by atomic mass is 15.1. The van der Waals surface area contributed by atoms with E-state index in [1.54, 1.807) is 0 Å². The first kappa shape index (κ1) is 36.2. The fraction of sp³-hybridized carbons (Fsp3) is 0. The van der Waals surface area contributed by atoms with Gasteiger partial charge >= 0.3 is 0 Å². The van der Waals surface area contributed by atoms with Gasteiger partial charge < -0.3 is 4.57 Å². The quantitative estimate of drug-likeness (QED) is 0.153. The van der Waals surface area contributed by atoms with Crippen LogP contribution in [0.3, 0.4) is 0 Å². The zero-order chi connectivity index (χ0) is 42.1. The summed E-state index contributed by atoms with van der Waals surface area (Å²) in [5, 5.41) is 9.78. The number of hydrogen-bond acceptors (Lipinski definition) is 1. The van der Waals surface area contributed by atoms with Gasteiger partial charge in [-0.3, -0.25) is 4.57 Å². The molecule has 0 amide bonds. The number of benzene rings is 10. The molecule has 0 spiro atoms. The summed E-state index contributed by atoms with van der Waals surface area (Å²) < 4.78 is 4.79. The van der Waals surface area contributed by atoms with Gasteiger partial charge in [0.05, 0.1) is 27.8 Å². The number of nitrogens with zero attached hydrogens (tertiary/aromatic N) is 3. The largest absolute Gasteiger partial charge is 0.309 e. The first-order valence-electron chi connectivity index (χ1n) is 21.9. The van der Waals surface area contributed by atoms with Crippen LogP contribution in [-0.4, -0.2) is 14.1 Å². The van der Waals surface area contributed by atoms with E-state index in [-0.39, 0.29) is 0 Å². The lowest BCUT2D eigenvalue weighted by Gasteiger charge is -2.17. The molecule has 298 valence electrons. The summed E-state index contributed by atoms with van der Waals surface area (Å²) in [4.78, 5) is 5.67.